The Morgan fingerprint density at radius 2 is 2.24 bits per heavy atom. The van der Waals surface area contributed by atoms with Crippen LogP contribution < -0.4 is 10.1 Å². The van der Waals surface area contributed by atoms with E-state index in [1.807, 2.05) is 25.1 Å². The molecular weight excluding hydrogens is 282 g/mol. The van der Waals surface area contributed by atoms with Crippen molar-refractivity contribution in [1.82, 2.24) is 5.32 Å². The van der Waals surface area contributed by atoms with Gasteiger partial charge in [-0.05, 0) is 50.5 Å². The van der Waals surface area contributed by atoms with E-state index in [1.165, 1.54) is 0 Å². The van der Waals surface area contributed by atoms with Gasteiger partial charge in [0.1, 0.15) is 5.75 Å². The van der Waals surface area contributed by atoms with Gasteiger partial charge in [-0.1, -0.05) is 15.9 Å². The lowest BCUT2D eigenvalue weighted by atomic mass is 10.2. The van der Waals surface area contributed by atoms with Crippen LogP contribution in [-0.4, -0.2) is 18.1 Å². The second kappa shape index (κ2) is 5.08. The van der Waals surface area contributed by atoms with Gasteiger partial charge in [-0.3, -0.25) is 4.79 Å². The third-order valence-electron chi connectivity index (χ3n) is 2.74. The smallest absolute Gasteiger partial charge is 0.260 e. The Hall–Kier alpha value is -1.03. The molecular formula is C13H16BrNO2. The molecule has 1 fully saturated rings. The Labute approximate surface area is 110 Å². The minimum atomic E-state index is -0.448. The molecule has 1 amide bonds. The molecule has 0 aliphatic heterocycles. The normalized spacial score (nSPS) is 16.4. The van der Waals surface area contributed by atoms with E-state index in [0.717, 1.165) is 28.6 Å². The zero-order chi connectivity index (χ0) is 12.4. The number of nitrogens with one attached hydrogen (secondary N) is 1. The summed E-state index contributed by atoms with van der Waals surface area (Å²) < 4.78 is 6.65. The molecule has 1 aliphatic carbocycles. The first-order valence-corrected chi connectivity index (χ1v) is 6.59. The van der Waals surface area contributed by atoms with Crippen LogP contribution in [0.1, 0.15) is 25.3 Å². The third-order valence-corrected chi connectivity index (χ3v) is 3.62. The lowest BCUT2D eigenvalue weighted by Crippen LogP contribution is -2.37. The van der Waals surface area contributed by atoms with Gasteiger partial charge in [0.05, 0.1) is 0 Å². The fourth-order valence-electron chi connectivity index (χ4n) is 1.49. The fraction of sp³-hybridized carbons (Fsp3) is 0.462. The van der Waals surface area contributed by atoms with Crippen LogP contribution in [0.15, 0.2) is 22.7 Å². The monoisotopic (exact) mass is 297 g/mol. The Kier molecular flexibility index (Phi) is 3.72. The number of amides is 1. The maximum absolute atomic E-state index is 11.7. The molecule has 0 aromatic heterocycles. The summed E-state index contributed by atoms with van der Waals surface area (Å²) in [5.41, 5.74) is 1.09. The van der Waals surface area contributed by atoms with Crippen molar-refractivity contribution in [2.75, 3.05) is 0 Å². The Morgan fingerprint density at radius 1 is 1.53 bits per heavy atom. The number of hydrogen-bond donors (Lipinski definition) is 1. The summed E-state index contributed by atoms with van der Waals surface area (Å²) in [6.45, 7) is 3.76. The fourth-order valence-corrected chi connectivity index (χ4v) is 1.74. The summed E-state index contributed by atoms with van der Waals surface area (Å²) in [4.78, 5) is 11.7. The molecule has 1 unspecified atom stereocenters. The highest BCUT2D eigenvalue weighted by Crippen LogP contribution is 2.23. The van der Waals surface area contributed by atoms with Crippen LogP contribution in [0.3, 0.4) is 0 Å². The van der Waals surface area contributed by atoms with Gasteiger partial charge in [0, 0.05) is 10.5 Å². The molecule has 1 N–H and O–H groups in total. The molecule has 0 heterocycles. The van der Waals surface area contributed by atoms with E-state index in [-0.39, 0.29) is 5.91 Å². The molecule has 1 aromatic rings. The van der Waals surface area contributed by atoms with Crippen LogP contribution in [-0.2, 0) is 4.79 Å². The van der Waals surface area contributed by atoms with Gasteiger partial charge in [0.25, 0.3) is 5.91 Å². The van der Waals surface area contributed by atoms with Crippen LogP contribution in [0, 0.1) is 6.92 Å². The van der Waals surface area contributed by atoms with Gasteiger partial charge in [-0.15, -0.1) is 0 Å². The van der Waals surface area contributed by atoms with Crippen LogP contribution in [0.2, 0.25) is 0 Å². The summed E-state index contributed by atoms with van der Waals surface area (Å²) in [5, 5.41) is 2.93. The first-order chi connectivity index (χ1) is 8.06. The Balaban J connectivity index is 1.94. The minimum absolute atomic E-state index is 0.0342. The third kappa shape index (κ3) is 3.46. The maximum Gasteiger partial charge on any atom is 0.260 e. The molecule has 1 aromatic carbocycles. The minimum Gasteiger partial charge on any atom is -0.481 e. The summed E-state index contributed by atoms with van der Waals surface area (Å²) >= 11 is 3.43. The van der Waals surface area contributed by atoms with E-state index in [2.05, 4.69) is 21.2 Å². The standard InChI is InChI=1S/C13H16BrNO2/c1-8-7-11(5-6-12(8)14)17-9(2)13(16)15-10-3-4-10/h5-7,9-10H,3-4H2,1-2H3,(H,15,16). The van der Waals surface area contributed by atoms with Crippen LogP contribution in [0.4, 0.5) is 0 Å². The average Bonchev–Trinajstić information content (AvgIpc) is 3.07. The predicted molar refractivity (Wildman–Crippen MR) is 70.1 cm³/mol. The van der Waals surface area contributed by atoms with Gasteiger partial charge in [-0.25, -0.2) is 0 Å². The van der Waals surface area contributed by atoms with E-state index in [0.29, 0.717) is 6.04 Å². The van der Waals surface area contributed by atoms with Gasteiger partial charge >= 0.3 is 0 Å². The van der Waals surface area contributed by atoms with Gasteiger partial charge in [-0.2, -0.15) is 0 Å². The second-order valence-electron chi connectivity index (χ2n) is 4.45. The zero-order valence-corrected chi connectivity index (χ0v) is 11.6. The molecule has 17 heavy (non-hydrogen) atoms. The van der Waals surface area contributed by atoms with Crippen molar-refractivity contribution in [2.45, 2.75) is 38.8 Å². The number of carbonyl (C=O) groups excluding carboxylic acids is 1. The molecule has 3 nitrogen and oxygen atoms in total. The van der Waals surface area contributed by atoms with Crippen molar-refractivity contribution >= 4 is 21.8 Å². The predicted octanol–water partition coefficient (Wildman–Crippen LogP) is 2.80. The van der Waals surface area contributed by atoms with Crippen LogP contribution in [0.5, 0.6) is 5.75 Å². The van der Waals surface area contributed by atoms with Crippen molar-refractivity contribution in [2.24, 2.45) is 0 Å². The molecule has 0 bridgehead atoms. The molecule has 2 rings (SSSR count). The van der Waals surface area contributed by atoms with E-state index in [1.54, 1.807) is 6.92 Å². The van der Waals surface area contributed by atoms with Crippen LogP contribution >= 0.6 is 15.9 Å². The summed E-state index contributed by atoms with van der Waals surface area (Å²) in [7, 11) is 0. The number of hydrogen-bond acceptors (Lipinski definition) is 2. The molecule has 1 aliphatic rings. The molecule has 0 spiro atoms. The molecule has 0 radical (unpaired) electrons. The van der Waals surface area contributed by atoms with Crippen molar-refractivity contribution in [1.29, 1.82) is 0 Å². The number of carbonyl (C=O) groups is 1. The first kappa shape index (κ1) is 12.4. The second-order valence-corrected chi connectivity index (χ2v) is 5.31. The lowest BCUT2D eigenvalue weighted by Gasteiger charge is -2.15. The topological polar surface area (TPSA) is 38.3 Å². The number of rotatable bonds is 4. The summed E-state index contributed by atoms with van der Waals surface area (Å²) in [6, 6.07) is 6.08. The van der Waals surface area contributed by atoms with Crippen LogP contribution in [0.25, 0.3) is 0 Å². The zero-order valence-electron chi connectivity index (χ0n) is 10.00. The average molecular weight is 298 g/mol. The Bertz CT molecular complexity index is 429. The van der Waals surface area contributed by atoms with E-state index in [9.17, 15) is 4.79 Å². The highest BCUT2D eigenvalue weighted by Gasteiger charge is 2.26. The van der Waals surface area contributed by atoms with E-state index >= 15 is 0 Å². The van der Waals surface area contributed by atoms with Crippen molar-refractivity contribution in [3.05, 3.63) is 28.2 Å². The first-order valence-electron chi connectivity index (χ1n) is 5.79. The summed E-state index contributed by atoms with van der Waals surface area (Å²) in [6.07, 6.45) is 1.74. The molecule has 4 heteroatoms. The highest BCUT2D eigenvalue weighted by atomic mass is 79.9. The quantitative estimate of drug-likeness (QED) is 0.928. The number of aryl methyl sites for hydroxylation is 1. The molecule has 0 saturated heterocycles. The highest BCUT2D eigenvalue weighted by molar-refractivity contribution is 9.10. The summed E-state index contributed by atoms with van der Waals surface area (Å²) in [5.74, 6) is 0.692. The SMILES string of the molecule is Cc1cc(OC(C)C(=O)NC2CC2)ccc1Br. The lowest BCUT2D eigenvalue weighted by molar-refractivity contribution is -0.127. The number of halogens is 1. The molecule has 1 atom stereocenters. The Morgan fingerprint density at radius 3 is 2.82 bits per heavy atom. The maximum atomic E-state index is 11.7. The number of benzene rings is 1. The van der Waals surface area contributed by atoms with Crippen molar-refractivity contribution < 1.29 is 9.53 Å². The van der Waals surface area contributed by atoms with Crippen molar-refractivity contribution in [3.8, 4) is 5.75 Å². The van der Waals surface area contributed by atoms with Gasteiger partial charge in [0.2, 0.25) is 0 Å². The molecule has 92 valence electrons. The largest absolute Gasteiger partial charge is 0.481 e. The van der Waals surface area contributed by atoms with Gasteiger partial charge < -0.3 is 10.1 Å². The van der Waals surface area contributed by atoms with Crippen molar-refractivity contribution in [3.63, 3.8) is 0 Å². The van der Waals surface area contributed by atoms with Gasteiger partial charge in [0.15, 0.2) is 6.10 Å². The van der Waals surface area contributed by atoms with E-state index in [4.69, 9.17) is 4.74 Å². The van der Waals surface area contributed by atoms with E-state index < -0.39 is 6.10 Å². The molecule has 1 saturated carbocycles. The number of ether oxygens (including phenoxy) is 1.